The van der Waals surface area contributed by atoms with Crippen molar-refractivity contribution in [3.8, 4) is 0 Å². The molecule has 0 saturated heterocycles. The minimum absolute atomic E-state index is 0.277. The van der Waals surface area contributed by atoms with Crippen molar-refractivity contribution in [2.75, 3.05) is 12.0 Å². The van der Waals surface area contributed by atoms with Crippen molar-refractivity contribution in [1.29, 1.82) is 0 Å². The van der Waals surface area contributed by atoms with E-state index in [9.17, 15) is 19.2 Å². The molecule has 114 valence electrons. The summed E-state index contributed by atoms with van der Waals surface area (Å²) in [5.74, 6) is -2.42. The summed E-state index contributed by atoms with van der Waals surface area (Å²) in [6.07, 6.45) is 1.55. The number of thioether (sulfide) groups is 1. The third-order valence-electron chi connectivity index (χ3n) is 2.26. The molecule has 0 aliphatic heterocycles. The number of nitrogens with one attached hydrogen (secondary N) is 2. The zero-order valence-corrected chi connectivity index (χ0v) is 11.7. The summed E-state index contributed by atoms with van der Waals surface area (Å²) in [5.41, 5.74) is 9.84. The number of hydrogen-bond acceptors (Lipinski definition) is 5. The Kier molecular flexibility index (Phi) is 8.13. The minimum Gasteiger partial charge on any atom is -0.480 e. The van der Waals surface area contributed by atoms with Crippen LogP contribution in [0.5, 0.6) is 0 Å². The van der Waals surface area contributed by atoms with Crippen LogP contribution < -0.4 is 22.1 Å². The van der Waals surface area contributed by atoms with Gasteiger partial charge in [0.15, 0.2) is 0 Å². The molecule has 4 amide bonds. The van der Waals surface area contributed by atoms with Gasteiger partial charge in [-0.1, -0.05) is 0 Å². The molecule has 0 fully saturated rings. The van der Waals surface area contributed by atoms with E-state index in [2.05, 4.69) is 10.6 Å². The normalized spacial score (nSPS) is 13.1. The molecule has 0 rings (SSSR count). The molecule has 0 aromatic heterocycles. The fourth-order valence-corrected chi connectivity index (χ4v) is 1.82. The molecule has 1 unspecified atom stereocenters. The molecule has 20 heavy (non-hydrogen) atoms. The highest BCUT2D eigenvalue weighted by Crippen LogP contribution is 2.02. The van der Waals surface area contributed by atoms with Gasteiger partial charge < -0.3 is 27.2 Å². The SMILES string of the molecule is CSCCC(NC(N)=O)C(=O)N[C@@H](CC(N)=O)C(=O)O. The van der Waals surface area contributed by atoms with E-state index in [0.717, 1.165) is 0 Å². The summed E-state index contributed by atoms with van der Waals surface area (Å²) in [7, 11) is 0. The number of rotatable bonds is 9. The number of carboxylic acids is 1. The van der Waals surface area contributed by atoms with Gasteiger partial charge >= 0.3 is 12.0 Å². The molecule has 10 heteroatoms. The van der Waals surface area contributed by atoms with Crippen LogP contribution in [0.4, 0.5) is 4.79 Å². The highest BCUT2D eigenvalue weighted by atomic mass is 32.2. The molecule has 0 bridgehead atoms. The van der Waals surface area contributed by atoms with Crippen molar-refractivity contribution in [2.24, 2.45) is 11.5 Å². The predicted octanol–water partition coefficient (Wildman–Crippen LogP) is -1.78. The van der Waals surface area contributed by atoms with Gasteiger partial charge in [0.1, 0.15) is 12.1 Å². The van der Waals surface area contributed by atoms with Crippen LogP contribution in [-0.4, -0.2) is 53.0 Å². The molecule has 0 aliphatic carbocycles. The Morgan fingerprint density at radius 1 is 1.15 bits per heavy atom. The summed E-state index contributed by atoms with van der Waals surface area (Å²) in [5, 5.41) is 13.2. The second kappa shape index (κ2) is 9.02. The Balaban J connectivity index is 4.72. The Bertz CT molecular complexity index is 390. The van der Waals surface area contributed by atoms with Crippen LogP contribution in [0.25, 0.3) is 0 Å². The number of carbonyl (C=O) groups excluding carboxylic acids is 3. The van der Waals surface area contributed by atoms with Crippen molar-refractivity contribution < 1.29 is 24.3 Å². The predicted molar refractivity (Wildman–Crippen MR) is 72.9 cm³/mol. The monoisotopic (exact) mass is 306 g/mol. The first kappa shape index (κ1) is 18.0. The van der Waals surface area contributed by atoms with E-state index < -0.39 is 42.3 Å². The maximum Gasteiger partial charge on any atom is 0.326 e. The molecule has 2 atom stereocenters. The number of primary amides is 2. The van der Waals surface area contributed by atoms with Crippen molar-refractivity contribution >= 4 is 35.6 Å². The van der Waals surface area contributed by atoms with E-state index in [1.54, 1.807) is 0 Å². The van der Waals surface area contributed by atoms with Gasteiger partial charge in [0.05, 0.1) is 6.42 Å². The second-order valence-corrected chi connectivity index (χ2v) is 4.90. The molecular formula is C10H18N4O5S. The summed E-state index contributed by atoms with van der Waals surface area (Å²) in [6.45, 7) is 0. The fraction of sp³-hybridized carbons (Fsp3) is 0.600. The lowest BCUT2D eigenvalue weighted by Crippen LogP contribution is -2.53. The molecular weight excluding hydrogens is 288 g/mol. The summed E-state index contributed by atoms with van der Waals surface area (Å²) in [6, 6.07) is -3.30. The molecule has 0 saturated carbocycles. The van der Waals surface area contributed by atoms with Crippen molar-refractivity contribution in [3.63, 3.8) is 0 Å². The molecule has 0 spiro atoms. The number of hydrogen-bond donors (Lipinski definition) is 5. The van der Waals surface area contributed by atoms with E-state index in [1.165, 1.54) is 11.8 Å². The van der Waals surface area contributed by atoms with Gasteiger partial charge in [-0.2, -0.15) is 11.8 Å². The maximum atomic E-state index is 11.9. The number of amides is 4. The molecule has 0 heterocycles. The lowest BCUT2D eigenvalue weighted by atomic mass is 10.1. The van der Waals surface area contributed by atoms with Crippen LogP contribution in [0.2, 0.25) is 0 Å². The standard InChI is InChI=1S/C10H18N4O5S/c1-20-3-2-5(14-10(12)19)8(16)13-6(9(17)18)4-7(11)15/h5-6H,2-4H2,1H3,(H2,11,15)(H,13,16)(H,17,18)(H3,12,14,19)/t5?,6-/m0/s1. The Hall–Kier alpha value is -1.97. The molecule has 0 aromatic rings. The highest BCUT2D eigenvalue weighted by Gasteiger charge is 2.26. The van der Waals surface area contributed by atoms with Gasteiger partial charge in [0.25, 0.3) is 0 Å². The zero-order chi connectivity index (χ0) is 15.7. The van der Waals surface area contributed by atoms with E-state index in [4.69, 9.17) is 16.6 Å². The van der Waals surface area contributed by atoms with Gasteiger partial charge in [0.2, 0.25) is 11.8 Å². The lowest BCUT2D eigenvalue weighted by molar-refractivity contribution is -0.143. The first-order chi connectivity index (χ1) is 9.27. The van der Waals surface area contributed by atoms with Crippen molar-refractivity contribution in [3.05, 3.63) is 0 Å². The van der Waals surface area contributed by atoms with Crippen LogP contribution in [-0.2, 0) is 14.4 Å². The van der Waals surface area contributed by atoms with Crippen molar-refractivity contribution in [1.82, 2.24) is 10.6 Å². The van der Waals surface area contributed by atoms with Gasteiger partial charge in [-0.25, -0.2) is 9.59 Å². The average Bonchev–Trinajstić information content (AvgIpc) is 2.32. The smallest absolute Gasteiger partial charge is 0.326 e. The van der Waals surface area contributed by atoms with Crippen LogP contribution in [0.1, 0.15) is 12.8 Å². The zero-order valence-electron chi connectivity index (χ0n) is 10.9. The van der Waals surface area contributed by atoms with E-state index in [0.29, 0.717) is 5.75 Å². The van der Waals surface area contributed by atoms with Gasteiger partial charge in [-0.15, -0.1) is 0 Å². The largest absolute Gasteiger partial charge is 0.480 e. The Morgan fingerprint density at radius 2 is 1.75 bits per heavy atom. The molecule has 0 radical (unpaired) electrons. The van der Waals surface area contributed by atoms with Gasteiger partial charge in [0, 0.05) is 0 Å². The number of nitrogens with two attached hydrogens (primary N) is 2. The number of aliphatic carboxylic acids is 1. The maximum absolute atomic E-state index is 11.9. The molecule has 9 nitrogen and oxygen atoms in total. The van der Waals surface area contributed by atoms with Crippen LogP contribution in [0, 0.1) is 0 Å². The first-order valence-electron chi connectivity index (χ1n) is 5.64. The average molecular weight is 306 g/mol. The minimum atomic E-state index is -1.44. The summed E-state index contributed by atoms with van der Waals surface area (Å²) in [4.78, 5) is 44.3. The Morgan fingerprint density at radius 3 is 2.15 bits per heavy atom. The fourth-order valence-electron chi connectivity index (χ4n) is 1.35. The van der Waals surface area contributed by atoms with Gasteiger partial charge in [-0.3, -0.25) is 9.59 Å². The first-order valence-corrected chi connectivity index (χ1v) is 7.03. The highest BCUT2D eigenvalue weighted by molar-refractivity contribution is 7.98. The third kappa shape index (κ3) is 7.46. The van der Waals surface area contributed by atoms with E-state index in [-0.39, 0.29) is 6.42 Å². The number of carbonyl (C=O) groups is 4. The number of carboxylic acid groups (broad SMARTS) is 1. The Labute approximate surface area is 119 Å². The molecule has 7 N–H and O–H groups in total. The second-order valence-electron chi connectivity index (χ2n) is 3.91. The van der Waals surface area contributed by atoms with Crippen LogP contribution in [0.15, 0.2) is 0 Å². The quantitative estimate of drug-likeness (QED) is 0.338. The topological polar surface area (TPSA) is 165 Å². The van der Waals surface area contributed by atoms with E-state index in [1.807, 2.05) is 6.26 Å². The molecule has 0 aliphatic rings. The van der Waals surface area contributed by atoms with Gasteiger partial charge in [-0.05, 0) is 18.4 Å². The van der Waals surface area contributed by atoms with Crippen LogP contribution >= 0.6 is 11.8 Å². The van der Waals surface area contributed by atoms with Crippen LogP contribution in [0.3, 0.4) is 0 Å². The third-order valence-corrected chi connectivity index (χ3v) is 2.91. The molecule has 0 aromatic carbocycles. The van der Waals surface area contributed by atoms with Crippen molar-refractivity contribution in [2.45, 2.75) is 24.9 Å². The van der Waals surface area contributed by atoms with E-state index >= 15 is 0 Å². The summed E-state index contributed by atoms with van der Waals surface area (Å²) >= 11 is 1.45. The number of urea groups is 1. The lowest BCUT2D eigenvalue weighted by Gasteiger charge is -2.19. The summed E-state index contributed by atoms with van der Waals surface area (Å²) < 4.78 is 0.